The molecule has 1 aliphatic heterocycles. The normalized spacial score (nSPS) is 21.1. The Morgan fingerprint density at radius 1 is 1.56 bits per heavy atom. The van der Waals surface area contributed by atoms with E-state index in [4.69, 9.17) is 4.52 Å². The molecule has 1 aromatic heterocycles. The molecule has 1 fully saturated rings. The van der Waals surface area contributed by atoms with Crippen molar-refractivity contribution >= 4 is 10.0 Å². The average molecular weight is 273 g/mol. The van der Waals surface area contributed by atoms with Gasteiger partial charge in [-0.15, -0.1) is 0 Å². The maximum Gasteiger partial charge on any atom is 0.220 e. The van der Waals surface area contributed by atoms with Crippen LogP contribution in [0.25, 0.3) is 0 Å². The lowest BCUT2D eigenvalue weighted by atomic mass is 10.0. The Kier molecular flexibility index (Phi) is 3.48. The van der Waals surface area contributed by atoms with Gasteiger partial charge in [-0.3, -0.25) is 0 Å². The average Bonchev–Trinajstić information content (AvgIpc) is 2.61. The Hall–Kier alpha value is -0.920. The van der Waals surface area contributed by atoms with Crippen LogP contribution in [0.1, 0.15) is 25.3 Å². The Balaban J connectivity index is 2.20. The second kappa shape index (κ2) is 4.64. The van der Waals surface area contributed by atoms with Gasteiger partial charge in [0.2, 0.25) is 10.0 Å². The lowest BCUT2D eigenvalue weighted by Crippen LogP contribution is -2.59. The van der Waals surface area contributed by atoms with Crippen molar-refractivity contribution in [3.8, 4) is 0 Å². The predicted octanol–water partition coefficient (Wildman–Crippen LogP) is 0.497. The maximum absolute atomic E-state index is 12.4. The van der Waals surface area contributed by atoms with E-state index in [0.29, 0.717) is 31.1 Å². The summed E-state index contributed by atoms with van der Waals surface area (Å²) in [6, 6.07) is 1.66. The minimum Gasteiger partial charge on any atom is -0.361 e. The first kappa shape index (κ1) is 13.5. The fraction of sp³-hybridized carbons (Fsp3) is 0.727. The van der Waals surface area contributed by atoms with Crippen LogP contribution in [0.3, 0.4) is 0 Å². The van der Waals surface area contributed by atoms with Gasteiger partial charge in [0.15, 0.2) is 0 Å². The topological polar surface area (TPSA) is 75.4 Å². The van der Waals surface area contributed by atoms with Crippen molar-refractivity contribution in [1.29, 1.82) is 0 Å². The van der Waals surface area contributed by atoms with Crippen molar-refractivity contribution in [3.63, 3.8) is 0 Å². The van der Waals surface area contributed by atoms with Gasteiger partial charge < -0.3 is 9.84 Å². The van der Waals surface area contributed by atoms with E-state index in [1.54, 1.807) is 17.3 Å². The lowest BCUT2D eigenvalue weighted by Gasteiger charge is -2.41. The van der Waals surface area contributed by atoms with Gasteiger partial charge in [0.1, 0.15) is 17.2 Å². The van der Waals surface area contributed by atoms with Gasteiger partial charge >= 0.3 is 0 Å². The monoisotopic (exact) mass is 273 g/mol. The standard InChI is InChI=1S/C11H19N3O3S/c1-9-6-10(13-17-9)7-18(15,16)14-5-4-12-8-11(14,2)3/h6,12H,4-5,7-8H2,1-3H3. The molecular weight excluding hydrogens is 254 g/mol. The molecular formula is C11H19N3O3S. The molecule has 0 unspecified atom stereocenters. The molecule has 0 atom stereocenters. The van der Waals surface area contributed by atoms with Crippen LogP contribution in [-0.4, -0.2) is 43.1 Å². The van der Waals surface area contributed by atoms with Crippen molar-refractivity contribution in [2.45, 2.75) is 32.1 Å². The zero-order valence-electron chi connectivity index (χ0n) is 10.9. The van der Waals surface area contributed by atoms with E-state index in [1.807, 2.05) is 13.8 Å². The van der Waals surface area contributed by atoms with Crippen molar-refractivity contribution in [2.24, 2.45) is 0 Å². The first-order chi connectivity index (χ1) is 8.31. The van der Waals surface area contributed by atoms with Gasteiger partial charge in [-0.2, -0.15) is 4.31 Å². The number of nitrogens with one attached hydrogen (secondary N) is 1. The summed E-state index contributed by atoms with van der Waals surface area (Å²) in [7, 11) is -3.36. The van der Waals surface area contributed by atoms with Crippen LogP contribution < -0.4 is 5.32 Å². The number of hydrogen-bond donors (Lipinski definition) is 1. The third kappa shape index (κ3) is 2.73. The van der Waals surface area contributed by atoms with E-state index in [0.717, 1.165) is 0 Å². The summed E-state index contributed by atoms with van der Waals surface area (Å²) >= 11 is 0. The number of piperazine rings is 1. The van der Waals surface area contributed by atoms with Crippen LogP contribution in [0.2, 0.25) is 0 Å². The molecule has 0 spiro atoms. The van der Waals surface area contributed by atoms with Crippen LogP contribution in [0, 0.1) is 6.92 Å². The number of aromatic nitrogens is 1. The molecule has 0 aromatic carbocycles. The molecule has 0 bridgehead atoms. The van der Waals surface area contributed by atoms with Gasteiger partial charge in [-0.25, -0.2) is 8.42 Å². The fourth-order valence-electron chi connectivity index (χ4n) is 2.23. The van der Waals surface area contributed by atoms with E-state index in [9.17, 15) is 8.42 Å². The van der Waals surface area contributed by atoms with E-state index in [2.05, 4.69) is 10.5 Å². The van der Waals surface area contributed by atoms with E-state index in [1.165, 1.54) is 0 Å². The minimum absolute atomic E-state index is 0.103. The van der Waals surface area contributed by atoms with Crippen LogP contribution in [-0.2, 0) is 15.8 Å². The highest BCUT2D eigenvalue weighted by Gasteiger charge is 2.38. The highest BCUT2D eigenvalue weighted by molar-refractivity contribution is 7.88. The third-order valence-electron chi connectivity index (χ3n) is 3.07. The number of aryl methyl sites for hydroxylation is 1. The van der Waals surface area contributed by atoms with E-state index in [-0.39, 0.29) is 5.75 Å². The maximum atomic E-state index is 12.4. The molecule has 1 N–H and O–H groups in total. The minimum atomic E-state index is -3.36. The highest BCUT2D eigenvalue weighted by Crippen LogP contribution is 2.23. The highest BCUT2D eigenvalue weighted by atomic mass is 32.2. The summed E-state index contributed by atoms with van der Waals surface area (Å²) in [4.78, 5) is 0. The van der Waals surface area contributed by atoms with Crippen molar-refractivity contribution in [3.05, 3.63) is 17.5 Å². The van der Waals surface area contributed by atoms with E-state index >= 15 is 0 Å². The Bertz CT molecular complexity index is 521. The molecule has 1 aliphatic rings. The van der Waals surface area contributed by atoms with E-state index < -0.39 is 15.6 Å². The predicted molar refractivity (Wildman–Crippen MR) is 67.5 cm³/mol. The molecule has 6 nitrogen and oxygen atoms in total. The summed E-state index contributed by atoms with van der Waals surface area (Å²) in [5.41, 5.74) is 0.0531. The molecule has 7 heteroatoms. The molecule has 0 saturated carbocycles. The molecule has 2 rings (SSSR count). The number of nitrogens with zero attached hydrogens (tertiary/aromatic N) is 2. The number of sulfonamides is 1. The van der Waals surface area contributed by atoms with Crippen LogP contribution in [0.5, 0.6) is 0 Å². The van der Waals surface area contributed by atoms with Gasteiger partial charge in [-0.05, 0) is 20.8 Å². The summed E-state index contributed by atoms with van der Waals surface area (Å²) in [5.74, 6) is 0.521. The molecule has 1 saturated heterocycles. The van der Waals surface area contributed by atoms with Gasteiger partial charge in [-0.1, -0.05) is 5.16 Å². The number of hydrogen-bond acceptors (Lipinski definition) is 5. The van der Waals surface area contributed by atoms with Crippen LogP contribution in [0.4, 0.5) is 0 Å². The Morgan fingerprint density at radius 2 is 2.28 bits per heavy atom. The SMILES string of the molecule is Cc1cc(CS(=O)(=O)N2CCNCC2(C)C)no1. The lowest BCUT2D eigenvalue weighted by molar-refractivity contribution is 0.185. The van der Waals surface area contributed by atoms with Gasteiger partial charge in [0.05, 0.1) is 0 Å². The van der Waals surface area contributed by atoms with Crippen molar-refractivity contribution < 1.29 is 12.9 Å². The summed E-state index contributed by atoms with van der Waals surface area (Å²) < 4.78 is 31.3. The second-order valence-corrected chi connectivity index (χ2v) is 7.14. The van der Waals surface area contributed by atoms with Crippen molar-refractivity contribution in [2.75, 3.05) is 19.6 Å². The zero-order chi connectivity index (χ0) is 13.4. The number of rotatable bonds is 3. The first-order valence-corrected chi connectivity index (χ1v) is 7.56. The summed E-state index contributed by atoms with van der Waals surface area (Å²) in [6.07, 6.45) is 0. The molecule has 102 valence electrons. The molecule has 1 aromatic rings. The van der Waals surface area contributed by atoms with Crippen molar-refractivity contribution in [1.82, 2.24) is 14.8 Å². The molecule has 18 heavy (non-hydrogen) atoms. The molecule has 0 radical (unpaired) electrons. The summed E-state index contributed by atoms with van der Waals surface area (Å²) in [5, 5.41) is 6.95. The Labute approximate surface area is 107 Å². The molecule has 2 heterocycles. The van der Waals surface area contributed by atoms with Crippen LogP contribution in [0.15, 0.2) is 10.6 Å². The largest absolute Gasteiger partial charge is 0.361 e. The molecule has 0 amide bonds. The smallest absolute Gasteiger partial charge is 0.220 e. The van der Waals surface area contributed by atoms with Gasteiger partial charge in [0.25, 0.3) is 0 Å². The Morgan fingerprint density at radius 3 is 2.83 bits per heavy atom. The van der Waals surface area contributed by atoms with Gasteiger partial charge in [0, 0.05) is 31.2 Å². The van der Waals surface area contributed by atoms with Crippen LogP contribution >= 0.6 is 0 Å². The fourth-order valence-corrected chi connectivity index (χ4v) is 4.08. The third-order valence-corrected chi connectivity index (χ3v) is 5.08. The first-order valence-electron chi connectivity index (χ1n) is 5.95. The molecule has 0 aliphatic carbocycles. The zero-order valence-corrected chi connectivity index (χ0v) is 11.7. The quantitative estimate of drug-likeness (QED) is 0.868. The summed E-state index contributed by atoms with van der Waals surface area (Å²) in [6.45, 7) is 7.42. The second-order valence-electron chi connectivity index (χ2n) is 5.25.